The summed E-state index contributed by atoms with van der Waals surface area (Å²) in [7, 11) is -0.776. The predicted molar refractivity (Wildman–Crippen MR) is 104 cm³/mol. The van der Waals surface area contributed by atoms with Crippen molar-refractivity contribution >= 4 is 32.7 Å². The Morgan fingerprint density at radius 1 is 0.750 bits per heavy atom. The summed E-state index contributed by atoms with van der Waals surface area (Å²) < 4.78 is -0.432. The normalized spacial score (nSPS) is 35.8. The van der Waals surface area contributed by atoms with E-state index in [2.05, 4.69) is 26.0 Å². The number of hydrogen-bond donors (Lipinski definition) is 0. The number of halogens is 2. The molecule has 0 bridgehead atoms. The zero-order chi connectivity index (χ0) is 16.2. The first-order valence-corrected chi connectivity index (χ1v) is 11.3. The molecule has 4 rings (SSSR count). The molecule has 0 aliphatic heterocycles. The summed E-state index contributed by atoms with van der Waals surface area (Å²) in [5, 5.41) is 0. The maximum atomic E-state index is 7.36. The average Bonchev–Trinajstić information content (AvgIpc) is 2.93. The topological polar surface area (TPSA) is 0 Å². The van der Waals surface area contributed by atoms with E-state index in [9.17, 15) is 0 Å². The Labute approximate surface area is 177 Å². The molecule has 0 spiro atoms. The van der Waals surface area contributed by atoms with E-state index < -0.39 is 9.52 Å². The predicted octanol–water partition coefficient (Wildman–Crippen LogP) is 5.68. The standard InChI is InChI=1S/C20H26Cl2Si.Zr/c1-13-11-15-7-3-5-9-17(15)19(13,21)23-20(22)14(2)12-16-8-4-6-10-18(16)20;/h11-12H,3-10,23H2,1-2H3;. The first-order valence-electron chi connectivity index (χ1n) is 9.15. The second-order valence-corrected chi connectivity index (χ2v) is 12.5. The van der Waals surface area contributed by atoms with Crippen LogP contribution < -0.4 is 0 Å². The van der Waals surface area contributed by atoms with Gasteiger partial charge in [0.05, 0.1) is 18.5 Å². The summed E-state index contributed by atoms with van der Waals surface area (Å²) in [4.78, 5) is 0. The number of allylic oxidation sites excluding steroid dienone is 8. The summed E-state index contributed by atoms with van der Waals surface area (Å²) in [6, 6.07) is 0. The van der Waals surface area contributed by atoms with Gasteiger partial charge in [0.15, 0.2) is 0 Å². The minimum absolute atomic E-state index is 0. The van der Waals surface area contributed by atoms with Crippen LogP contribution in [-0.2, 0) is 26.2 Å². The SMILES string of the molecule is CC1=CC2=C(CCCC2)C1(Cl)[SiH2]C1(Cl)C(C)=CC2=C1CCCC2.[Zr]. The van der Waals surface area contributed by atoms with Gasteiger partial charge in [0, 0.05) is 26.2 Å². The molecule has 0 aromatic carbocycles. The van der Waals surface area contributed by atoms with Gasteiger partial charge in [0.1, 0.15) is 0 Å². The molecule has 0 heterocycles. The van der Waals surface area contributed by atoms with Crippen molar-refractivity contribution in [1.29, 1.82) is 0 Å². The van der Waals surface area contributed by atoms with Gasteiger partial charge in [-0.25, -0.2) is 0 Å². The van der Waals surface area contributed by atoms with Gasteiger partial charge in [0.2, 0.25) is 0 Å². The Kier molecular flexibility index (Phi) is 5.65. The summed E-state index contributed by atoms with van der Waals surface area (Å²) >= 11 is 14.7. The van der Waals surface area contributed by atoms with Crippen molar-refractivity contribution in [1.82, 2.24) is 0 Å². The first kappa shape index (κ1) is 19.4. The van der Waals surface area contributed by atoms with Crippen LogP contribution in [0.2, 0.25) is 0 Å². The van der Waals surface area contributed by atoms with Crippen molar-refractivity contribution in [3.05, 3.63) is 45.6 Å². The van der Waals surface area contributed by atoms with Crippen LogP contribution in [0.1, 0.15) is 65.2 Å². The van der Waals surface area contributed by atoms with Gasteiger partial charge >= 0.3 is 0 Å². The van der Waals surface area contributed by atoms with Crippen molar-refractivity contribution in [2.75, 3.05) is 0 Å². The van der Waals surface area contributed by atoms with E-state index in [1.807, 2.05) is 0 Å². The molecular formula is C20H26Cl2SiZr. The molecule has 4 heteroatoms. The molecular weight excluding hydrogens is 430 g/mol. The molecule has 0 aromatic heterocycles. The van der Waals surface area contributed by atoms with Crippen LogP contribution in [0.15, 0.2) is 45.6 Å². The van der Waals surface area contributed by atoms with Crippen molar-refractivity contribution in [2.24, 2.45) is 0 Å². The Morgan fingerprint density at radius 2 is 1.12 bits per heavy atom. The molecule has 4 aliphatic rings. The minimum atomic E-state index is -0.776. The quantitative estimate of drug-likeness (QED) is 0.370. The van der Waals surface area contributed by atoms with Gasteiger partial charge in [-0.15, -0.1) is 23.2 Å². The van der Waals surface area contributed by atoms with Crippen LogP contribution in [0.25, 0.3) is 0 Å². The van der Waals surface area contributed by atoms with Gasteiger partial charge in [-0.3, -0.25) is 0 Å². The molecule has 24 heavy (non-hydrogen) atoms. The zero-order valence-electron chi connectivity index (χ0n) is 14.8. The third kappa shape index (κ3) is 2.88. The van der Waals surface area contributed by atoms with E-state index >= 15 is 0 Å². The van der Waals surface area contributed by atoms with Crippen LogP contribution in [0, 0.1) is 0 Å². The van der Waals surface area contributed by atoms with Crippen molar-refractivity contribution < 1.29 is 26.2 Å². The third-order valence-electron chi connectivity index (χ3n) is 6.50. The molecule has 0 amide bonds. The molecule has 4 aliphatic carbocycles. The fourth-order valence-electron chi connectivity index (χ4n) is 5.14. The van der Waals surface area contributed by atoms with E-state index in [0.29, 0.717) is 0 Å². The Morgan fingerprint density at radius 3 is 1.54 bits per heavy atom. The smallest absolute Gasteiger partial charge is 0.0914 e. The van der Waals surface area contributed by atoms with E-state index in [4.69, 9.17) is 23.2 Å². The molecule has 0 radical (unpaired) electrons. The first-order chi connectivity index (χ1) is 10.9. The Hall–Kier alpha value is 0.640. The summed E-state index contributed by atoms with van der Waals surface area (Å²) in [5.41, 5.74) is 8.88. The summed E-state index contributed by atoms with van der Waals surface area (Å²) in [6.45, 7) is 4.48. The van der Waals surface area contributed by atoms with E-state index in [1.165, 1.54) is 84.8 Å². The Balaban J connectivity index is 0.00000169. The van der Waals surface area contributed by atoms with Gasteiger partial charge in [0.25, 0.3) is 0 Å². The number of hydrogen-bond acceptors (Lipinski definition) is 0. The fourth-order valence-corrected chi connectivity index (χ4v) is 9.75. The van der Waals surface area contributed by atoms with Crippen molar-refractivity contribution in [3.63, 3.8) is 0 Å². The summed E-state index contributed by atoms with van der Waals surface area (Å²) in [6.07, 6.45) is 14.8. The Bertz CT molecular complexity index is 630. The number of alkyl halides is 2. The fraction of sp³-hybridized carbons (Fsp3) is 0.600. The van der Waals surface area contributed by atoms with Gasteiger partial charge in [-0.2, -0.15) is 0 Å². The zero-order valence-corrected chi connectivity index (χ0v) is 20.2. The van der Waals surface area contributed by atoms with Gasteiger partial charge in [-0.05, 0) is 87.5 Å². The monoisotopic (exact) mass is 454 g/mol. The molecule has 0 fully saturated rings. The van der Waals surface area contributed by atoms with Crippen LogP contribution in [0.5, 0.6) is 0 Å². The average molecular weight is 457 g/mol. The molecule has 2 unspecified atom stereocenters. The van der Waals surface area contributed by atoms with Crippen molar-refractivity contribution in [2.45, 2.75) is 74.2 Å². The molecule has 128 valence electrons. The van der Waals surface area contributed by atoms with Crippen LogP contribution >= 0.6 is 23.2 Å². The summed E-state index contributed by atoms with van der Waals surface area (Å²) in [5.74, 6) is 0. The largest absolute Gasteiger partial charge is 0.114 e. The molecule has 2 atom stereocenters. The van der Waals surface area contributed by atoms with Gasteiger partial charge < -0.3 is 0 Å². The maximum absolute atomic E-state index is 7.36. The molecule has 0 saturated carbocycles. The van der Waals surface area contributed by atoms with Crippen molar-refractivity contribution in [3.8, 4) is 0 Å². The van der Waals surface area contributed by atoms with Gasteiger partial charge in [-0.1, -0.05) is 23.3 Å². The van der Waals surface area contributed by atoms with E-state index in [-0.39, 0.29) is 35.2 Å². The van der Waals surface area contributed by atoms with Crippen LogP contribution in [0.3, 0.4) is 0 Å². The number of rotatable bonds is 2. The second kappa shape index (κ2) is 6.99. The van der Waals surface area contributed by atoms with E-state index in [0.717, 1.165) is 0 Å². The molecule has 0 nitrogen and oxygen atoms in total. The molecule has 0 N–H and O–H groups in total. The molecule has 0 saturated heterocycles. The maximum Gasteiger partial charge on any atom is 0.0914 e. The van der Waals surface area contributed by atoms with Crippen LogP contribution in [0.4, 0.5) is 0 Å². The van der Waals surface area contributed by atoms with Crippen LogP contribution in [-0.4, -0.2) is 18.5 Å². The second-order valence-electron chi connectivity index (χ2n) is 7.86. The molecule has 0 aromatic rings. The minimum Gasteiger partial charge on any atom is -0.114 e. The third-order valence-corrected chi connectivity index (χ3v) is 11.3. The van der Waals surface area contributed by atoms with E-state index in [1.54, 1.807) is 0 Å².